The van der Waals surface area contributed by atoms with Crippen LogP contribution < -0.4 is 5.32 Å². The molecule has 0 spiro atoms. The molecule has 1 aromatic heterocycles. The Hall–Kier alpha value is -1.78. The highest BCUT2D eigenvalue weighted by Gasteiger charge is 2.27. The quantitative estimate of drug-likeness (QED) is 0.790. The van der Waals surface area contributed by atoms with Crippen LogP contribution in [0.15, 0.2) is 40.8 Å². The van der Waals surface area contributed by atoms with Crippen LogP contribution in [0.25, 0.3) is 11.3 Å². The maximum Gasteiger partial charge on any atom is 0.289 e. The van der Waals surface area contributed by atoms with Crippen LogP contribution in [0.2, 0.25) is 0 Å². The maximum absolute atomic E-state index is 12.7. The van der Waals surface area contributed by atoms with Gasteiger partial charge in [0.25, 0.3) is 5.91 Å². The van der Waals surface area contributed by atoms with E-state index < -0.39 is 0 Å². The summed E-state index contributed by atoms with van der Waals surface area (Å²) in [5, 5.41) is 3.66. The predicted octanol–water partition coefficient (Wildman–Crippen LogP) is 4.54. The van der Waals surface area contributed by atoms with Crippen molar-refractivity contribution in [3.8, 4) is 11.3 Å². The number of piperidine rings is 1. The molecule has 0 unspecified atom stereocenters. The van der Waals surface area contributed by atoms with Crippen LogP contribution in [-0.2, 0) is 6.42 Å². The van der Waals surface area contributed by atoms with Gasteiger partial charge in [-0.05, 0) is 62.3 Å². The van der Waals surface area contributed by atoms with Gasteiger partial charge < -0.3 is 14.6 Å². The number of rotatable bonds is 6. The predicted molar refractivity (Wildman–Crippen MR) is 110 cm³/mol. The third kappa shape index (κ3) is 4.94. The van der Waals surface area contributed by atoms with Gasteiger partial charge in [0.15, 0.2) is 5.76 Å². The Balaban J connectivity index is 0.00000210. The van der Waals surface area contributed by atoms with Crippen molar-refractivity contribution in [3.63, 3.8) is 0 Å². The van der Waals surface area contributed by atoms with Gasteiger partial charge in [-0.15, -0.1) is 12.4 Å². The van der Waals surface area contributed by atoms with Crippen LogP contribution in [0.3, 0.4) is 0 Å². The number of amides is 1. The molecule has 27 heavy (non-hydrogen) atoms. The molecule has 4 rings (SSSR count). The monoisotopic (exact) mass is 388 g/mol. The smallest absolute Gasteiger partial charge is 0.289 e. The van der Waals surface area contributed by atoms with E-state index in [0.29, 0.717) is 11.8 Å². The molecule has 1 N–H and O–H groups in total. The van der Waals surface area contributed by atoms with Crippen molar-refractivity contribution < 1.29 is 9.21 Å². The molecule has 0 atom stereocenters. The van der Waals surface area contributed by atoms with Crippen LogP contribution in [0.5, 0.6) is 0 Å². The van der Waals surface area contributed by atoms with E-state index in [1.807, 2.05) is 17.0 Å². The molecule has 1 aliphatic heterocycles. The summed E-state index contributed by atoms with van der Waals surface area (Å²) in [5.41, 5.74) is 2.32. The summed E-state index contributed by atoms with van der Waals surface area (Å²) in [5.74, 6) is 2.13. The summed E-state index contributed by atoms with van der Waals surface area (Å²) in [6.07, 6.45) is 5.85. The molecule has 1 saturated heterocycles. The molecule has 1 aliphatic carbocycles. The number of hydrogen-bond donors (Lipinski definition) is 1. The van der Waals surface area contributed by atoms with Crippen molar-refractivity contribution >= 4 is 18.3 Å². The lowest BCUT2D eigenvalue weighted by atomic mass is 10.0. The minimum atomic E-state index is 0. The van der Waals surface area contributed by atoms with Crippen molar-refractivity contribution in [1.29, 1.82) is 0 Å². The fraction of sp³-hybridized carbons (Fsp3) is 0.500. The zero-order valence-electron chi connectivity index (χ0n) is 15.9. The average molecular weight is 389 g/mol. The van der Waals surface area contributed by atoms with Gasteiger partial charge in [-0.2, -0.15) is 0 Å². The van der Waals surface area contributed by atoms with E-state index in [0.717, 1.165) is 56.1 Å². The third-order valence-electron chi connectivity index (χ3n) is 5.64. The van der Waals surface area contributed by atoms with Crippen molar-refractivity contribution in [2.75, 3.05) is 19.6 Å². The van der Waals surface area contributed by atoms with Crippen LogP contribution >= 0.6 is 12.4 Å². The van der Waals surface area contributed by atoms with E-state index in [2.05, 4.69) is 36.5 Å². The highest BCUT2D eigenvalue weighted by Crippen LogP contribution is 2.28. The normalized spacial score (nSPS) is 17.6. The Labute approximate surface area is 167 Å². The van der Waals surface area contributed by atoms with E-state index in [4.69, 9.17) is 4.42 Å². The molecule has 1 saturated carbocycles. The van der Waals surface area contributed by atoms with E-state index in [9.17, 15) is 4.79 Å². The number of hydrogen-bond acceptors (Lipinski definition) is 3. The van der Waals surface area contributed by atoms with Gasteiger partial charge in [0.2, 0.25) is 0 Å². The molecule has 4 nitrogen and oxygen atoms in total. The van der Waals surface area contributed by atoms with Crippen molar-refractivity contribution in [2.45, 2.75) is 45.1 Å². The van der Waals surface area contributed by atoms with E-state index in [1.54, 1.807) is 0 Å². The molecule has 0 bridgehead atoms. The Morgan fingerprint density at radius 3 is 2.41 bits per heavy atom. The highest BCUT2D eigenvalue weighted by atomic mass is 35.5. The van der Waals surface area contributed by atoms with E-state index in [1.165, 1.54) is 18.4 Å². The molecule has 2 fully saturated rings. The van der Waals surface area contributed by atoms with Gasteiger partial charge in [-0.3, -0.25) is 4.79 Å². The highest BCUT2D eigenvalue weighted by molar-refractivity contribution is 5.92. The van der Waals surface area contributed by atoms with Gasteiger partial charge in [-0.1, -0.05) is 31.2 Å². The second-order valence-corrected chi connectivity index (χ2v) is 7.63. The summed E-state index contributed by atoms with van der Waals surface area (Å²) < 4.78 is 5.87. The number of halogens is 1. The summed E-state index contributed by atoms with van der Waals surface area (Å²) >= 11 is 0. The van der Waals surface area contributed by atoms with Crippen LogP contribution in [-0.4, -0.2) is 36.5 Å². The number of benzene rings is 1. The molecule has 1 amide bonds. The van der Waals surface area contributed by atoms with Crippen LogP contribution in [0, 0.1) is 5.92 Å². The second kappa shape index (κ2) is 8.94. The van der Waals surface area contributed by atoms with Gasteiger partial charge in [0, 0.05) is 24.7 Å². The van der Waals surface area contributed by atoms with Gasteiger partial charge in [0.1, 0.15) is 5.76 Å². The molecule has 0 radical (unpaired) electrons. The zero-order valence-corrected chi connectivity index (χ0v) is 16.8. The first-order valence-electron chi connectivity index (χ1n) is 9.94. The fourth-order valence-corrected chi connectivity index (χ4v) is 3.61. The number of likely N-dealkylation sites (tertiary alicyclic amines) is 1. The minimum absolute atomic E-state index is 0. The molecular formula is C22H29ClN2O2. The Kier molecular flexibility index (Phi) is 6.61. The number of carbonyl (C=O) groups excluding carboxylic acids is 1. The molecule has 146 valence electrons. The fourth-order valence-electron chi connectivity index (χ4n) is 3.61. The van der Waals surface area contributed by atoms with Crippen molar-refractivity contribution in [2.24, 2.45) is 5.92 Å². The Bertz CT molecular complexity index is 744. The molecule has 1 aromatic carbocycles. The zero-order chi connectivity index (χ0) is 17.9. The summed E-state index contributed by atoms with van der Waals surface area (Å²) in [7, 11) is 0. The molecule has 5 heteroatoms. The number of aryl methyl sites for hydroxylation is 1. The number of carbonyl (C=O) groups is 1. The summed E-state index contributed by atoms with van der Waals surface area (Å²) in [6, 6.07) is 12.6. The summed E-state index contributed by atoms with van der Waals surface area (Å²) in [6.45, 7) is 4.91. The first-order valence-corrected chi connectivity index (χ1v) is 9.94. The summed E-state index contributed by atoms with van der Waals surface area (Å²) in [4.78, 5) is 14.7. The number of nitrogens with zero attached hydrogens (tertiary/aromatic N) is 1. The first kappa shape index (κ1) is 20.0. The SMILES string of the molecule is CCc1ccc(-c2ccc(C(=O)N3CCC(NCC4CC4)CC3)o2)cc1.Cl. The van der Waals surface area contributed by atoms with E-state index >= 15 is 0 Å². The van der Waals surface area contributed by atoms with E-state index in [-0.39, 0.29) is 18.3 Å². The molecule has 2 aromatic rings. The lowest BCUT2D eigenvalue weighted by Crippen LogP contribution is -2.45. The van der Waals surface area contributed by atoms with Crippen LogP contribution in [0.1, 0.15) is 48.7 Å². The van der Waals surface area contributed by atoms with Gasteiger partial charge in [0.05, 0.1) is 0 Å². The van der Waals surface area contributed by atoms with Gasteiger partial charge in [-0.25, -0.2) is 0 Å². The average Bonchev–Trinajstić information content (AvgIpc) is 3.40. The van der Waals surface area contributed by atoms with Gasteiger partial charge >= 0.3 is 0 Å². The molecule has 2 heterocycles. The topological polar surface area (TPSA) is 45.5 Å². The lowest BCUT2D eigenvalue weighted by molar-refractivity contribution is 0.0674. The second-order valence-electron chi connectivity index (χ2n) is 7.63. The van der Waals surface area contributed by atoms with Crippen LogP contribution in [0.4, 0.5) is 0 Å². The number of furan rings is 1. The largest absolute Gasteiger partial charge is 0.451 e. The number of nitrogens with one attached hydrogen (secondary N) is 1. The standard InChI is InChI=1S/C22H28N2O2.ClH/c1-2-16-5-7-18(8-6-16)20-9-10-21(26-20)22(25)24-13-11-19(12-14-24)23-15-17-3-4-17;/h5-10,17,19,23H,2-4,11-15H2,1H3;1H. The van der Waals surface area contributed by atoms with Crippen molar-refractivity contribution in [3.05, 3.63) is 47.7 Å². The maximum atomic E-state index is 12.7. The van der Waals surface area contributed by atoms with Crippen molar-refractivity contribution in [1.82, 2.24) is 10.2 Å². The third-order valence-corrected chi connectivity index (χ3v) is 5.64. The Morgan fingerprint density at radius 2 is 1.78 bits per heavy atom. The lowest BCUT2D eigenvalue weighted by Gasteiger charge is -2.32. The Morgan fingerprint density at radius 1 is 1.07 bits per heavy atom. The first-order chi connectivity index (χ1) is 12.7. The molecule has 2 aliphatic rings. The minimum Gasteiger partial charge on any atom is -0.451 e. The molecular weight excluding hydrogens is 360 g/mol.